The van der Waals surface area contributed by atoms with E-state index in [4.69, 9.17) is 0 Å². The van der Waals surface area contributed by atoms with Crippen molar-refractivity contribution in [3.05, 3.63) is 0 Å². The van der Waals surface area contributed by atoms with Gasteiger partial charge in [0.25, 0.3) is 10.0 Å². The standard InChI is InChI=1S/C4H8FNO4S/c1-2-10-4(7)3(5)11(6,8)9/h3H,2H2,1H3,(H2,6,8,9). The lowest BCUT2D eigenvalue weighted by Crippen LogP contribution is -2.33. The summed E-state index contributed by atoms with van der Waals surface area (Å²) < 4.78 is 36.7. The average molecular weight is 185 g/mol. The molecular weight excluding hydrogens is 177 g/mol. The molecule has 0 aliphatic carbocycles. The van der Waals surface area contributed by atoms with Crippen molar-refractivity contribution in [2.75, 3.05) is 6.61 Å². The van der Waals surface area contributed by atoms with Crippen LogP contribution in [0.5, 0.6) is 0 Å². The number of primary sulfonamides is 1. The van der Waals surface area contributed by atoms with Crippen LogP contribution in [0.4, 0.5) is 4.39 Å². The number of carbonyl (C=O) groups excluding carboxylic acids is 1. The van der Waals surface area contributed by atoms with Crippen LogP contribution in [-0.2, 0) is 19.6 Å². The molecule has 0 fully saturated rings. The first-order valence-electron chi connectivity index (χ1n) is 2.72. The second-order valence-corrected chi connectivity index (χ2v) is 3.25. The zero-order chi connectivity index (χ0) is 9.07. The lowest BCUT2D eigenvalue weighted by Gasteiger charge is -2.03. The number of ether oxygens (including phenoxy) is 1. The first-order valence-corrected chi connectivity index (χ1v) is 4.33. The summed E-state index contributed by atoms with van der Waals surface area (Å²) in [6.45, 7) is 1.34. The number of nitrogens with two attached hydrogens (primary N) is 1. The van der Waals surface area contributed by atoms with Crippen molar-refractivity contribution in [3.8, 4) is 0 Å². The average Bonchev–Trinajstić information content (AvgIpc) is 1.85. The minimum absolute atomic E-state index is 0.0885. The van der Waals surface area contributed by atoms with Gasteiger partial charge in [-0.15, -0.1) is 0 Å². The summed E-state index contributed by atoms with van der Waals surface area (Å²) in [6.07, 6.45) is 0. The molecule has 7 heteroatoms. The number of hydrogen-bond acceptors (Lipinski definition) is 4. The molecule has 0 bridgehead atoms. The van der Waals surface area contributed by atoms with Gasteiger partial charge in [0, 0.05) is 0 Å². The third-order valence-electron chi connectivity index (χ3n) is 0.760. The van der Waals surface area contributed by atoms with E-state index < -0.39 is 21.5 Å². The van der Waals surface area contributed by atoms with Gasteiger partial charge in [-0.25, -0.2) is 22.7 Å². The molecule has 66 valence electrons. The Morgan fingerprint density at radius 2 is 2.18 bits per heavy atom. The minimum atomic E-state index is -4.47. The molecule has 5 nitrogen and oxygen atoms in total. The van der Waals surface area contributed by atoms with Crippen molar-refractivity contribution in [2.45, 2.75) is 12.4 Å². The van der Waals surface area contributed by atoms with E-state index in [0.29, 0.717) is 0 Å². The number of hydrogen-bond donors (Lipinski definition) is 1. The highest BCUT2D eigenvalue weighted by Crippen LogP contribution is 1.99. The van der Waals surface area contributed by atoms with Gasteiger partial charge in [-0.3, -0.25) is 0 Å². The van der Waals surface area contributed by atoms with Crippen molar-refractivity contribution in [1.29, 1.82) is 0 Å². The monoisotopic (exact) mass is 185 g/mol. The highest BCUT2D eigenvalue weighted by atomic mass is 32.2. The summed E-state index contributed by atoms with van der Waals surface area (Å²) >= 11 is 0. The first-order chi connectivity index (χ1) is 4.89. The molecule has 0 spiro atoms. The molecule has 0 aliphatic heterocycles. The van der Waals surface area contributed by atoms with Crippen LogP contribution in [0.1, 0.15) is 6.92 Å². The van der Waals surface area contributed by atoms with Gasteiger partial charge in [0.15, 0.2) is 0 Å². The van der Waals surface area contributed by atoms with E-state index in [2.05, 4.69) is 9.88 Å². The van der Waals surface area contributed by atoms with Gasteiger partial charge in [0.2, 0.25) is 0 Å². The summed E-state index contributed by atoms with van der Waals surface area (Å²) in [5, 5.41) is 4.31. The Balaban J connectivity index is 4.27. The van der Waals surface area contributed by atoms with Crippen LogP contribution in [0.3, 0.4) is 0 Å². The van der Waals surface area contributed by atoms with Crippen molar-refractivity contribution < 1.29 is 22.3 Å². The van der Waals surface area contributed by atoms with E-state index in [9.17, 15) is 17.6 Å². The van der Waals surface area contributed by atoms with Crippen LogP contribution < -0.4 is 5.14 Å². The Kier molecular flexibility index (Phi) is 3.40. The molecule has 0 aliphatic rings. The van der Waals surface area contributed by atoms with E-state index in [1.54, 1.807) is 0 Å². The number of alkyl halides is 1. The zero-order valence-electron chi connectivity index (χ0n) is 5.78. The number of rotatable bonds is 3. The number of halogens is 1. The van der Waals surface area contributed by atoms with Gasteiger partial charge in [-0.2, -0.15) is 0 Å². The van der Waals surface area contributed by atoms with Crippen LogP contribution in [0, 0.1) is 0 Å². The Morgan fingerprint density at radius 3 is 2.45 bits per heavy atom. The molecule has 0 amide bonds. The van der Waals surface area contributed by atoms with Gasteiger partial charge in [0.05, 0.1) is 6.61 Å². The number of esters is 1. The SMILES string of the molecule is CCOC(=O)C(F)S(N)(=O)=O. The maximum atomic E-state index is 12.3. The van der Waals surface area contributed by atoms with Crippen LogP contribution >= 0.6 is 0 Å². The lowest BCUT2D eigenvalue weighted by molar-refractivity contribution is -0.145. The van der Waals surface area contributed by atoms with E-state index >= 15 is 0 Å². The Hall–Kier alpha value is -0.690. The maximum Gasteiger partial charge on any atom is 0.358 e. The van der Waals surface area contributed by atoms with Gasteiger partial charge >= 0.3 is 11.5 Å². The van der Waals surface area contributed by atoms with Crippen molar-refractivity contribution in [3.63, 3.8) is 0 Å². The molecule has 0 rings (SSSR count). The molecule has 0 aromatic carbocycles. The highest BCUT2D eigenvalue weighted by Gasteiger charge is 2.30. The molecule has 0 saturated carbocycles. The van der Waals surface area contributed by atoms with Gasteiger partial charge < -0.3 is 4.74 Å². The predicted molar refractivity (Wildman–Crippen MR) is 34.6 cm³/mol. The number of carbonyl (C=O) groups is 1. The molecule has 0 saturated heterocycles. The second kappa shape index (κ2) is 3.63. The third kappa shape index (κ3) is 3.28. The summed E-state index contributed by atoms with van der Waals surface area (Å²) in [7, 11) is -4.47. The van der Waals surface area contributed by atoms with Crippen molar-refractivity contribution >= 4 is 16.0 Å². The highest BCUT2D eigenvalue weighted by molar-refractivity contribution is 7.90. The second-order valence-electron chi connectivity index (χ2n) is 1.66. The quantitative estimate of drug-likeness (QED) is 0.579. The fourth-order valence-corrected chi connectivity index (χ4v) is 0.678. The molecule has 0 aromatic heterocycles. The minimum Gasteiger partial charge on any atom is -0.463 e. The summed E-state index contributed by atoms with van der Waals surface area (Å²) in [4.78, 5) is 10.3. The molecule has 0 radical (unpaired) electrons. The van der Waals surface area contributed by atoms with E-state index in [1.165, 1.54) is 6.92 Å². The summed E-state index contributed by atoms with van der Waals surface area (Å²) in [5.74, 6) is -1.48. The van der Waals surface area contributed by atoms with Gasteiger partial charge in [-0.05, 0) is 6.92 Å². The lowest BCUT2D eigenvalue weighted by atomic mass is 10.7. The molecule has 0 aromatic rings. The van der Waals surface area contributed by atoms with Crippen LogP contribution in [-0.4, -0.2) is 26.5 Å². The number of sulfonamides is 1. The third-order valence-corrected chi connectivity index (χ3v) is 1.53. The molecular formula is C4H8FNO4S. The molecule has 11 heavy (non-hydrogen) atoms. The normalized spacial score (nSPS) is 14.1. The smallest absolute Gasteiger partial charge is 0.358 e. The Labute approximate surface area is 63.4 Å². The maximum absolute atomic E-state index is 12.3. The topological polar surface area (TPSA) is 86.5 Å². The summed E-state index contributed by atoms with van der Waals surface area (Å²) in [5.41, 5.74) is -2.78. The van der Waals surface area contributed by atoms with Crippen LogP contribution in [0.25, 0.3) is 0 Å². The van der Waals surface area contributed by atoms with Crippen molar-refractivity contribution in [2.24, 2.45) is 5.14 Å². The summed E-state index contributed by atoms with van der Waals surface area (Å²) in [6, 6.07) is 0. The molecule has 0 heterocycles. The first kappa shape index (κ1) is 10.3. The van der Waals surface area contributed by atoms with Crippen LogP contribution in [0.15, 0.2) is 0 Å². The van der Waals surface area contributed by atoms with E-state index in [1.807, 2.05) is 0 Å². The van der Waals surface area contributed by atoms with Gasteiger partial charge in [0.1, 0.15) is 0 Å². The zero-order valence-corrected chi connectivity index (χ0v) is 6.60. The van der Waals surface area contributed by atoms with Crippen molar-refractivity contribution in [1.82, 2.24) is 0 Å². The van der Waals surface area contributed by atoms with E-state index in [-0.39, 0.29) is 6.61 Å². The molecule has 1 atom stereocenters. The van der Waals surface area contributed by atoms with E-state index in [0.717, 1.165) is 0 Å². The molecule has 2 N–H and O–H groups in total. The predicted octanol–water partition coefficient (Wildman–Crippen LogP) is -0.866. The molecule has 1 unspecified atom stereocenters. The Bertz CT molecular complexity index is 236. The largest absolute Gasteiger partial charge is 0.463 e. The Morgan fingerprint density at radius 1 is 1.73 bits per heavy atom. The van der Waals surface area contributed by atoms with Crippen LogP contribution in [0.2, 0.25) is 0 Å². The fourth-order valence-electron chi connectivity index (χ4n) is 0.342. The van der Waals surface area contributed by atoms with Gasteiger partial charge in [-0.1, -0.05) is 0 Å². The fraction of sp³-hybridized carbons (Fsp3) is 0.750.